The van der Waals surface area contributed by atoms with Crippen LogP contribution in [-0.4, -0.2) is 11.3 Å². The molecule has 1 N–H and O–H groups in total. The Morgan fingerprint density at radius 1 is 1.13 bits per heavy atom. The summed E-state index contributed by atoms with van der Waals surface area (Å²) >= 11 is 6.14. The van der Waals surface area contributed by atoms with Crippen LogP contribution >= 0.6 is 11.6 Å². The Morgan fingerprint density at radius 3 is 2.48 bits per heavy atom. The van der Waals surface area contributed by atoms with E-state index in [1.165, 1.54) is 18.2 Å². The molecule has 3 aromatic rings. The van der Waals surface area contributed by atoms with Gasteiger partial charge in [0.1, 0.15) is 0 Å². The SMILES string of the molecule is Cc1ccc(Cl)c2c(C=O)c(-c3ccccc3C(F)(F)F)[nH]c12. The van der Waals surface area contributed by atoms with Crippen molar-refractivity contribution in [2.75, 3.05) is 0 Å². The second-order valence-electron chi connectivity index (χ2n) is 5.19. The highest BCUT2D eigenvalue weighted by molar-refractivity contribution is 6.37. The van der Waals surface area contributed by atoms with Crippen LogP contribution in [0.4, 0.5) is 13.2 Å². The average molecular weight is 338 g/mol. The lowest BCUT2D eigenvalue weighted by Gasteiger charge is -2.12. The van der Waals surface area contributed by atoms with Gasteiger partial charge in [0.25, 0.3) is 0 Å². The van der Waals surface area contributed by atoms with Crippen LogP contribution in [0.1, 0.15) is 21.5 Å². The third-order valence-electron chi connectivity index (χ3n) is 3.77. The molecule has 0 atom stereocenters. The number of hydrogen-bond donors (Lipinski definition) is 1. The molecule has 1 aromatic heterocycles. The maximum absolute atomic E-state index is 13.3. The number of H-pyrrole nitrogens is 1. The fraction of sp³-hybridized carbons (Fsp3) is 0.118. The highest BCUT2D eigenvalue weighted by Crippen LogP contribution is 2.40. The van der Waals surface area contributed by atoms with E-state index in [0.717, 1.165) is 11.6 Å². The summed E-state index contributed by atoms with van der Waals surface area (Å²) in [6, 6.07) is 8.51. The van der Waals surface area contributed by atoms with Crippen molar-refractivity contribution in [3.63, 3.8) is 0 Å². The first-order valence-corrected chi connectivity index (χ1v) is 7.15. The zero-order chi connectivity index (χ0) is 16.8. The molecule has 6 heteroatoms. The van der Waals surface area contributed by atoms with Crippen LogP contribution in [0.15, 0.2) is 36.4 Å². The van der Waals surface area contributed by atoms with Crippen LogP contribution < -0.4 is 0 Å². The Balaban J connectivity index is 2.41. The quantitative estimate of drug-likeness (QED) is 0.604. The van der Waals surface area contributed by atoms with Gasteiger partial charge in [-0.3, -0.25) is 4.79 Å². The summed E-state index contributed by atoms with van der Waals surface area (Å²) in [5.74, 6) is 0. The number of fused-ring (bicyclic) bond motifs is 1. The molecule has 2 aromatic carbocycles. The predicted molar refractivity (Wildman–Crippen MR) is 83.9 cm³/mol. The molecule has 0 aliphatic carbocycles. The van der Waals surface area contributed by atoms with E-state index in [0.29, 0.717) is 22.2 Å². The maximum Gasteiger partial charge on any atom is 0.417 e. The largest absolute Gasteiger partial charge is 0.417 e. The zero-order valence-electron chi connectivity index (χ0n) is 12.0. The lowest BCUT2D eigenvalue weighted by Crippen LogP contribution is -2.07. The van der Waals surface area contributed by atoms with Crippen LogP contribution in [0, 0.1) is 6.92 Å². The molecule has 0 radical (unpaired) electrons. The van der Waals surface area contributed by atoms with Gasteiger partial charge in [0.2, 0.25) is 0 Å². The lowest BCUT2D eigenvalue weighted by atomic mass is 10.0. The van der Waals surface area contributed by atoms with Crippen LogP contribution in [-0.2, 0) is 6.18 Å². The third kappa shape index (κ3) is 2.51. The molecule has 0 saturated carbocycles. The summed E-state index contributed by atoms with van der Waals surface area (Å²) in [5.41, 5.74) is 0.733. The Hall–Kier alpha value is -2.27. The van der Waals surface area contributed by atoms with Gasteiger partial charge in [-0.1, -0.05) is 35.9 Å². The highest BCUT2D eigenvalue weighted by atomic mass is 35.5. The average Bonchev–Trinajstić information content (AvgIpc) is 2.91. The molecular weight excluding hydrogens is 327 g/mol. The smallest absolute Gasteiger partial charge is 0.354 e. The predicted octanol–water partition coefficient (Wildman–Crippen LogP) is 5.63. The molecule has 0 aliphatic heterocycles. The van der Waals surface area contributed by atoms with Gasteiger partial charge in [0, 0.05) is 16.5 Å². The van der Waals surface area contributed by atoms with Crippen molar-refractivity contribution in [2.45, 2.75) is 13.1 Å². The number of benzene rings is 2. The number of carbonyl (C=O) groups is 1. The van der Waals surface area contributed by atoms with E-state index in [1.54, 1.807) is 19.1 Å². The van der Waals surface area contributed by atoms with Crippen molar-refractivity contribution in [3.05, 3.63) is 58.1 Å². The molecule has 2 nitrogen and oxygen atoms in total. The molecule has 0 aliphatic rings. The topological polar surface area (TPSA) is 32.9 Å². The van der Waals surface area contributed by atoms with Crippen molar-refractivity contribution in [1.82, 2.24) is 4.98 Å². The van der Waals surface area contributed by atoms with Gasteiger partial charge in [-0.2, -0.15) is 13.2 Å². The summed E-state index contributed by atoms with van der Waals surface area (Å²) in [5, 5.41) is 0.758. The van der Waals surface area contributed by atoms with E-state index >= 15 is 0 Å². The van der Waals surface area contributed by atoms with E-state index in [4.69, 9.17) is 11.6 Å². The number of carbonyl (C=O) groups excluding carboxylic acids is 1. The van der Waals surface area contributed by atoms with Crippen molar-refractivity contribution in [3.8, 4) is 11.3 Å². The molecule has 0 amide bonds. The highest BCUT2D eigenvalue weighted by Gasteiger charge is 2.34. The normalized spacial score (nSPS) is 11.9. The fourth-order valence-corrected chi connectivity index (χ4v) is 2.96. The summed E-state index contributed by atoms with van der Waals surface area (Å²) in [4.78, 5) is 14.5. The van der Waals surface area contributed by atoms with E-state index in [-0.39, 0.29) is 16.8 Å². The number of aromatic nitrogens is 1. The first-order valence-electron chi connectivity index (χ1n) is 6.77. The van der Waals surface area contributed by atoms with Gasteiger partial charge < -0.3 is 4.98 Å². The van der Waals surface area contributed by atoms with Crippen LogP contribution in [0.5, 0.6) is 0 Å². The number of aromatic amines is 1. The monoisotopic (exact) mass is 337 g/mol. The summed E-state index contributed by atoms with van der Waals surface area (Å²) in [6.45, 7) is 1.79. The number of hydrogen-bond acceptors (Lipinski definition) is 1. The Bertz CT molecular complexity index is 912. The van der Waals surface area contributed by atoms with Gasteiger partial charge in [-0.15, -0.1) is 0 Å². The summed E-state index contributed by atoms with van der Waals surface area (Å²) < 4.78 is 39.8. The molecule has 0 unspecified atom stereocenters. The van der Waals surface area contributed by atoms with E-state index in [2.05, 4.69) is 4.98 Å². The Labute approximate surface area is 134 Å². The molecule has 0 saturated heterocycles. The summed E-state index contributed by atoms with van der Waals surface area (Å²) in [7, 11) is 0. The molecule has 0 bridgehead atoms. The van der Waals surface area contributed by atoms with E-state index in [1.807, 2.05) is 0 Å². The number of nitrogens with one attached hydrogen (secondary N) is 1. The fourth-order valence-electron chi connectivity index (χ4n) is 2.70. The van der Waals surface area contributed by atoms with Crippen molar-refractivity contribution in [1.29, 1.82) is 0 Å². The number of rotatable bonds is 2. The number of alkyl halides is 3. The minimum atomic E-state index is -4.52. The summed E-state index contributed by atoms with van der Waals surface area (Å²) in [6.07, 6.45) is -3.99. The van der Waals surface area contributed by atoms with Crippen molar-refractivity contribution >= 4 is 28.8 Å². The van der Waals surface area contributed by atoms with Gasteiger partial charge in [-0.25, -0.2) is 0 Å². The van der Waals surface area contributed by atoms with Crippen molar-refractivity contribution in [2.24, 2.45) is 0 Å². The maximum atomic E-state index is 13.3. The Kier molecular flexibility index (Phi) is 3.68. The molecule has 118 valence electrons. The van der Waals surface area contributed by atoms with Gasteiger partial charge in [0.15, 0.2) is 6.29 Å². The third-order valence-corrected chi connectivity index (χ3v) is 4.09. The van der Waals surface area contributed by atoms with Crippen molar-refractivity contribution < 1.29 is 18.0 Å². The van der Waals surface area contributed by atoms with Crippen LogP contribution in [0.3, 0.4) is 0 Å². The molecule has 3 rings (SSSR count). The van der Waals surface area contributed by atoms with E-state index in [9.17, 15) is 18.0 Å². The molecule has 0 fully saturated rings. The minimum absolute atomic E-state index is 0.0752. The van der Waals surface area contributed by atoms with Crippen LogP contribution in [0.2, 0.25) is 5.02 Å². The minimum Gasteiger partial charge on any atom is -0.354 e. The first kappa shape index (κ1) is 15.6. The van der Waals surface area contributed by atoms with Crippen LogP contribution in [0.25, 0.3) is 22.2 Å². The Morgan fingerprint density at radius 2 is 1.83 bits per heavy atom. The molecule has 1 heterocycles. The standard InChI is InChI=1S/C17H11ClF3NO/c1-9-6-7-13(18)14-11(8-23)16(22-15(9)14)10-4-2-3-5-12(10)17(19,20)21/h2-8,22H,1H3. The second kappa shape index (κ2) is 5.42. The molecular formula is C17H11ClF3NO. The number of aldehydes is 1. The number of aryl methyl sites for hydroxylation is 1. The van der Waals surface area contributed by atoms with E-state index < -0.39 is 11.7 Å². The molecule has 23 heavy (non-hydrogen) atoms. The lowest BCUT2D eigenvalue weighted by molar-refractivity contribution is -0.137. The second-order valence-corrected chi connectivity index (χ2v) is 5.60. The van der Waals surface area contributed by atoms with Gasteiger partial charge >= 0.3 is 6.18 Å². The van der Waals surface area contributed by atoms with Gasteiger partial charge in [0.05, 0.1) is 21.8 Å². The molecule has 0 spiro atoms. The first-order chi connectivity index (χ1) is 10.8. The number of halogens is 4. The zero-order valence-corrected chi connectivity index (χ0v) is 12.7. The van der Waals surface area contributed by atoms with Gasteiger partial charge in [-0.05, 0) is 24.6 Å².